The molecule has 0 aliphatic carbocycles. The molecular formula is C14H21N3S. The first-order valence-electron chi connectivity index (χ1n) is 6.47. The van der Waals surface area contributed by atoms with E-state index in [4.69, 9.17) is 5.73 Å². The summed E-state index contributed by atoms with van der Waals surface area (Å²) in [6, 6.07) is 8.52. The lowest BCUT2D eigenvalue weighted by Crippen LogP contribution is -2.38. The third-order valence-corrected chi connectivity index (χ3v) is 4.19. The number of nitrogens with two attached hydrogens (primary N) is 1. The van der Waals surface area contributed by atoms with Gasteiger partial charge < -0.3 is 11.1 Å². The van der Waals surface area contributed by atoms with E-state index in [0.29, 0.717) is 5.92 Å². The number of nitrogens with one attached hydrogen (secondary N) is 1. The number of rotatable bonds is 6. The monoisotopic (exact) mass is 263 g/mol. The van der Waals surface area contributed by atoms with E-state index in [1.807, 2.05) is 6.07 Å². The van der Waals surface area contributed by atoms with Crippen molar-refractivity contribution in [1.82, 2.24) is 10.3 Å². The van der Waals surface area contributed by atoms with Crippen LogP contribution in [0.15, 0.2) is 24.3 Å². The largest absolute Gasteiger partial charge is 0.326 e. The molecule has 1 heterocycles. The molecule has 18 heavy (non-hydrogen) atoms. The van der Waals surface area contributed by atoms with Gasteiger partial charge in [0.15, 0.2) is 0 Å². The third-order valence-electron chi connectivity index (χ3n) is 3.09. The van der Waals surface area contributed by atoms with E-state index in [-0.39, 0.29) is 6.04 Å². The van der Waals surface area contributed by atoms with Gasteiger partial charge in [-0.3, -0.25) is 0 Å². The topological polar surface area (TPSA) is 50.9 Å². The molecule has 1 unspecified atom stereocenters. The third kappa shape index (κ3) is 3.51. The summed E-state index contributed by atoms with van der Waals surface area (Å²) >= 11 is 1.78. The molecule has 1 aromatic heterocycles. The summed E-state index contributed by atoms with van der Waals surface area (Å²) in [5.74, 6) is 0.528. The molecule has 3 N–H and O–H groups in total. The molecule has 1 atom stereocenters. The van der Waals surface area contributed by atoms with Gasteiger partial charge in [0.25, 0.3) is 0 Å². The zero-order valence-electron chi connectivity index (χ0n) is 11.0. The van der Waals surface area contributed by atoms with Crippen LogP contribution in [0.3, 0.4) is 0 Å². The Kier molecular flexibility index (Phi) is 4.69. The molecule has 0 saturated carbocycles. The van der Waals surface area contributed by atoms with E-state index in [0.717, 1.165) is 25.0 Å². The normalized spacial score (nSPS) is 13.3. The number of fused-ring (bicyclic) bond motifs is 1. The first kappa shape index (κ1) is 13.5. The number of benzene rings is 1. The molecule has 1 aromatic carbocycles. The van der Waals surface area contributed by atoms with Crippen LogP contribution in [-0.4, -0.2) is 24.1 Å². The summed E-state index contributed by atoms with van der Waals surface area (Å²) in [6.45, 7) is 6.13. The van der Waals surface area contributed by atoms with Crippen LogP contribution in [-0.2, 0) is 6.42 Å². The fourth-order valence-electron chi connectivity index (χ4n) is 1.73. The van der Waals surface area contributed by atoms with Crippen LogP contribution in [0, 0.1) is 5.92 Å². The molecule has 0 fully saturated rings. The predicted octanol–water partition coefficient (Wildman–Crippen LogP) is 2.41. The average Bonchev–Trinajstić information content (AvgIpc) is 2.76. The summed E-state index contributed by atoms with van der Waals surface area (Å²) in [5, 5.41) is 4.60. The van der Waals surface area contributed by atoms with E-state index in [1.165, 1.54) is 9.71 Å². The maximum Gasteiger partial charge on any atom is 0.0951 e. The van der Waals surface area contributed by atoms with Gasteiger partial charge in [0.1, 0.15) is 0 Å². The SMILES string of the molecule is CC(C)C(N)CNCCc1nc2ccccc2s1. The van der Waals surface area contributed by atoms with Crippen molar-refractivity contribution in [2.24, 2.45) is 11.7 Å². The number of thiazole rings is 1. The summed E-state index contributed by atoms with van der Waals surface area (Å²) in [7, 11) is 0. The molecule has 0 aliphatic heterocycles. The number of hydrogen-bond acceptors (Lipinski definition) is 4. The highest BCUT2D eigenvalue weighted by atomic mass is 32.1. The van der Waals surface area contributed by atoms with Crippen LogP contribution in [0.4, 0.5) is 0 Å². The van der Waals surface area contributed by atoms with Crippen molar-refractivity contribution in [3.8, 4) is 0 Å². The van der Waals surface area contributed by atoms with Gasteiger partial charge >= 0.3 is 0 Å². The van der Waals surface area contributed by atoms with E-state index >= 15 is 0 Å². The molecule has 4 heteroatoms. The quantitative estimate of drug-likeness (QED) is 0.787. The maximum atomic E-state index is 5.98. The molecular weight excluding hydrogens is 242 g/mol. The van der Waals surface area contributed by atoms with E-state index < -0.39 is 0 Å². The Morgan fingerprint density at radius 3 is 2.83 bits per heavy atom. The van der Waals surface area contributed by atoms with Gasteiger partial charge in [-0.05, 0) is 18.1 Å². The smallest absolute Gasteiger partial charge is 0.0951 e. The molecule has 0 amide bonds. The van der Waals surface area contributed by atoms with Gasteiger partial charge in [0.2, 0.25) is 0 Å². The molecule has 98 valence electrons. The summed E-state index contributed by atoms with van der Waals surface area (Å²) < 4.78 is 1.27. The van der Waals surface area contributed by atoms with Crippen molar-refractivity contribution < 1.29 is 0 Å². The summed E-state index contributed by atoms with van der Waals surface area (Å²) in [4.78, 5) is 4.61. The molecule has 0 aliphatic rings. The second-order valence-electron chi connectivity index (χ2n) is 4.94. The number of para-hydroxylation sites is 1. The minimum absolute atomic E-state index is 0.236. The van der Waals surface area contributed by atoms with E-state index in [1.54, 1.807) is 11.3 Å². The first-order chi connectivity index (χ1) is 8.66. The van der Waals surface area contributed by atoms with Crippen molar-refractivity contribution in [3.63, 3.8) is 0 Å². The summed E-state index contributed by atoms with van der Waals surface area (Å²) in [5.41, 5.74) is 7.09. The fourth-order valence-corrected chi connectivity index (χ4v) is 2.69. The Balaban J connectivity index is 1.80. The van der Waals surface area contributed by atoms with E-state index in [9.17, 15) is 0 Å². The molecule has 2 aromatic rings. The van der Waals surface area contributed by atoms with Crippen molar-refractivity contribution in [2.45, 2.75) is 26.3 Å². The molecule has 0 saturated heterocycles. The van der Waals surface area contributed by atoms with Crippen molar-refractivity contribution >= 4 is 21.6 Å². The van der Waals surface area contributed by atoms with Crippen molar-refractivity contribution in [2.75, 3.05) is 13.1 Å². The summed E-state index contributed by atoms with van der Waals surface area (Å²) in [6.07, 6.45) is 0.976. The van der Waals surface area contributed by atoms with Crippen LogP contribution < -0.4 is 11.1 Å². The Labute approximate surface area is 112 Å². The highest BCUT2D eigenvalue weighted by Gasteiger charge is 2.07. The zero-order chi connectivity index (χ0) is 13.0. The number of hydrogen-bond donors (Lipinski definition) is 2. The molecule has 2 rings (SSSR count). The number of aromatic nitrogens is 1. The van der Waals surface area contributed by atoms with Gasteiger partial charge in [-0.2, -0.15) is 0 Å². The lowest BCUT2D eigenvalue weighted by Gasteiger charge is -2.15. The van der Waals surface area contributed by atoms with Crippen molar-refractivity contribution in [1.29, 1.82) is 0 Å². The lowest BCUT2D eigenvalue weighted by atomic mass is 10.1. The van der Waals surface area contributed by atoms with Crippen LogP contribution in [0.2, 0.25) is 0 Å². The van der Waals surface area contributed by atoms with Gasteiger partial charge in [-0.1, -0.05) is 26.0 Å². The second kappa shape index (κ2) is 6.27. The van der Waals surface area contributed by atoms with Gasteiger partial charge in [-0.15, -0.1) is 11.3 Å². The average molecular weight is 263 g/mol. The predicted molar refractivity (Wildman–Crippen MR) is 79.0 cm³/mol. The Morgan fingerprint density at radius 1 is 1.33 bits per heavy atom. The Morgan fingerprint density at radius 2 is 2.11 bits per heavy atom. The standard InChI is InChI=1S/C14H21N3S/c1-10(2)11(15)9-16-8-7-14-17-12-5-3-4-6-13(12)18-14/h3-6,10-11,16H,7-9,15H2,1-2H3. The lowest BCUT2D eigenvalue weighted by molar-refractivity contribution is 0.460. The highest BCUT2D eigenvalue weighted by Crippen LogP contribution is 2.21. The van der Waals surface area contributed by atoms with Crippen LogP contribution >= 0.6 is 11.3 Å². The fraction of sp³-hybridized carbons (Fsp3) is 0.500. The van der Waals surface area contributed by atoms with Crippen molar-refractivity contribution in [3.05, 3.63) is 29.3 Å². The number of nitrogens with zero attached hydrogens (tertiary/aromatic N) is 1. The molecule has 0 spiro atoms. The molecule has 0 radical (unpaired) electrons. The van der Waals surface area contributed by atoms with Crippen LogP contribution in [0.1, 0.15) is 18.9 Å². The Hall–Kier alpha value is -0.970. The minimum atomic E-state index is 0.236. The van der Waals surface area contributed by atoms with Gasteiger partial charge in [0, 0.05) is 25.6 Å². The molecule has 0 bridgehead atoms. The zero-order valence-corrected chi connectivity index (χ0v) is 11.8. The van der Waals surface area contributed by atoms with Gasteiger partial charge in [0.05, 0.1) is 15.2 Å². The molecule has 3 nitrogen and oxygen atoms in total. The van der Waals surface area contributed by atoms with Gasteiger partial charge in [-0.25, -0.2) is 4.98 Å². The first-order valence-corrected chi connectivity index (χ1v) is 7.29. The van der Waals surface area contributed by atoms with E-state index in [2.05, 4.69) is 42.3 Å². The minimum Gasteiger partial charge on any atom is -0.326 e. The second-order valence-corrected chi connectivity index (χ2v) is 6.05. The Bertz CT molecular complexity index is 459. The van der Waals surface area contributed by atoms with Crippen LogP contribution in [0.25, 0.3) is 10.2 Å². The highest BCUT2D eigenvalue weighted by molar-refractivity contribution is 7.18. The maximum absolute atomic E-state index is 5.98. The van der Waals surface area contributed by atoms with Crippen LogP contribution in [0.5, 0.6) is 0 Å².